The van der Waals surface area contributed by atoms with E-state index in [1.165, 1.54) is 11.3 Å². The van der Waals surface area contributed by atoms with Crippen molar-refractivity contribution in [3.63, 3.8) is 0 Å². The minimum absolute atomic E-state index is 0.135. The van der Waals surface area contributed by atoms with Crippen LogP contribution in [-0.4, -0.2) is 24.3 Å². The first kappa shape index (κ1) is 13.4. The predicted octanol–water partition coefficient (Wildman–Crippen LogP) is 2.54. The first-order chi connectivity index (χ1) is 8.33. The lowest BCUT2D eigenvalue weighted by atomic mass is 9.97. The van der Waals surface area contributed by atoms with Crippen LogP contribution in [0.5, 0.6) is 0 Å². The van der Waals surface area contributed by atoms with Gasteiger partial charge in [-0.3, -0.25) is 0 Å². The summed E-state index contributed by atoms with van der Waals surface area (Å²) in [5, 5.41) is 0. The van der Waals surface area contributed by atoms with Crippen LogP contribution in [0.15, 0.2) is 24.3 Å². The van der Waals surface area contributed by atoms with Crippen LogP contribution in [0.25, 0.3) is 0 Å². The third-order valence-corrected chi connectivity index (χ3v) is 3.25. The quantitative estimate of drug-likeness (QED) is 0.874. The van der Waals surface area contributed by atoms with Crippen LogP contribution in [0.2, 0.25) is 0 Å². The molecule has 1 aliphatic rings. The number of anilines is 1. The third-order valence-electron chi connectivity index (χ3n) is 3.25. The smallest absolute Gasteiger partial charge is 0.0808 e. The van der Waals surface area contributed by atoms with Gasteiger partial charge >= 0.3 is 0 Å². The lowest BCUT2D eigenvalue weighted by Gasteiger charge is -2.48. The summed E-state index contributed by atoms with van der Waals surface area (Å²) in [6, 6.07) is 8.37. The molecule has 1 aliphatic heterocycles. The second-order valence-corrected chi connectivity index (χ2v) is 6.31. The highest BCUT2D eigenvalue weighted by molar-refractivity contribution is 5.54. The van der Waals surface area contributed by atoms with Crippen LogP contribution in [0.4, 0.5) is 5.69 Å². The van der Waals surface area contributed by atoms with Crippen molar-refractivity contribution in [2.24, 2.45) is 5.73 Å². The highest BCUT2D eigenvalue weighted by atomic mass is 16.5. The molecule has 0 saturated carbocycles. The molecule has 1 aromatic carbocycles. The molecule has 1 saturated heterocycles. The van der Waals surface area contributed by atoms with Gasteiger partial charge in [0.25, 0.3) is 0 Å². The summed E-state index contributed by atoms with van der Waals surface area (Å²) in [5.41, 5.74) is 8.00. The molecule has 1 fully saturated rings. The Labute approximate surface area is 110 Å². The minimum atomic E-state index is -0.135. The van der Waals surface area contributed by atoms with Crippen molar-refractivity contribution in [3.05, 3.63) is 29.8 Å². The van der Waals surface area contributed by atoms with Crippen LogP contribution in [0.1, 0.15) is 33.3 Å². The normalized spacial score (nSPS) is 21.9. The van der Waals surface area contributed by atoms with E-state index in [1.54, 1.807) is 0 Å². The SMILES string of the molecule is CC1(C)CN(c2ccccc2CN)CC(C)(C)O1. The summed E-state index contributed by atoms with van der Waals surface area (Å²) >= 11 is 0. The molecule has 0 atom stereocenters. The first-order valence-electron chi connectivity index (χ1n) is 6.56. The number of nitrogens with two attached hydrogens (primary N) is 1. The number of hydrogen-bond acceptors (Lipinski definition) is 3. The number of ether oxygens (including phenoxy) is 1. The van der Waals surface area contributed by atoms with Crippen molar-refractivity contribution in [2.75, 3.05) is 18.0 Å². The van der Waals surface area contributed by atoms with E-state index in [0.29, 0.717) is 6.54 Å². The van der Waals surface area contributed by atoms with Gasteiger partial charge in [0.2, 0.25) is 0 Å². The monoisotopic (exact) mass is 248 g/mol. The Morgan fingerprint density at radius 2 is 1.67 bits per heavy atom. The van der Waals surface area contributed by atoms with Gasteiger partial charge < -0.3 is 15.4 Å². The number of morpholine rings is 1. The van der Waals surface area contributed by atoms with Crippen LogP contribution >= 0.6 is 0 Å². The third kappa shape index (κ3) is 2.85. The predicted molar refractivity (Wildman–Crippen MR) is 75.8 cm³/mol. The van der Waals surface area contributed by atoms with Gasteiger partial charge in [0.15, 0.2) is 0 Å². The molecule has 1 heterocycles. The largest absolute Gasteiger partial charge is 0.366 e. The van der Waals surface area contributed by atoms with Gasteiger partial charge in [0.1, 0.15) is 0 Å². The van der Waals surface area contributed by atoms with Gasteiger partial charge in [-0.15, -0.1) is 0 Å². The number of para-hydroxylation sites is 1. The first-order valence-corrected chi connectivity index (χ1v) is 6.56. The van der Waals surface area contributed by atoms with Crippen molar-refractivity contribution in [3.8, 4) is 0 Å². The molecule has 0 aromatic heterocycles. The summed E-state index contributed by atoms with van der Waals surface area (Å²) in [6.07, 6.45) is 0. The van der Waals surface area contributed by atoms with Gasteiger partial charge in [0, 0.05) is 25.3 Å². The highest BCUT2D eigenvalue weighted by Crippen LogP contribution is 2.32. The zero-order valence-corrected chi connectivity index (χ0v) is 11.9. The maximum atomic E-state index is 6.11. The number of benzene rings is 1. The van der Waals surface area contributed by atoms with E-state index in [0.717, 1.165) is 13.1 Å². The van der Waals surface area contributed by atoms with E-state index >= 15 is 0 Å². The zero-order chi connectivity index (χ0) is 13.4. The van der Waals surface area contributed by atoms with Crippen molar-refractivity contribution in [1.29, 1.82) is 0 Å². The second kappa shape index (κ2) is 4.56. The molecule has 0 bridgehead atoms. The molecule has 0 unspecified atom stereocenters. The maximum Gasteiger partial charge on any atom is 0.0808 e. The van der Waals surface area contributed by atoms with E-state index in [2.05, 4.69) is 50.8 Å². The van der Waals surface area contributed by atoms with Crippen molar-refractivity contribution in [2.45, 2.75) is 45.4 Å². The standard InChI is InChI=1S/C15H24N2O/c1-14(2)10-17(11-15(3,4)18-14)13-8-6-5-7-12(13)9-16/h5-8H,9-11,16H2,1-4H3. The van der Waals surface area contributed by atoms with Gasteiger partial charge in [-0.05, 0) is 39.3 Å². The molecule has 1 aromatic rings. The molecule has 100 valence electrons. The molecule has 18 heavy (non-hydrogen) atoms. The van der Waals surface area contributed by atoms with Crippen molar-refractivity contribution < 1.29 is 4.74 Å². The Kier molecular flexibility index (Phi) is 3.39. The summed E-state index contributed by atoms with van der Waals surface area (Å²) in [6.45, 7) is 10.9. The lowest BCUT2D eigenvalue weighted by molar-refractivity contribution is -0.133. The zero-order valence-electron chi connectivity index (χ0n) is 11.9. The van der Waals surface area contributed by atoms with Crippen molar-refractivity contribution >= 4 is 5.69 Å². The highest BCUT2D eigenvalue weighted by Gasteiger charge is 2.38. The molecule has 2 N–H and O–H groups in total. The molecule has 0 aliphatic carbocycles. The molecule has 3 nitrogen and oxygen atoms in total. The van der Waals surface area contributed by atoms with E-state index in [1.807, 2.05) is 6.07 Å². The second-order valence-electron chi connectivity index (χ2n) is 6.31. The lowest BCUT2D eigenvalue weighted by Crippen LogP contribution is -2.57. The molecular weight excluding hydrogens is 224 g/mol. The van der Waals surface area contributed by atoms with Gasteiger partial charge in [-0.2, -0.15) is 0 Å². The average molecular weight is 248 g/mol. The van der Waals surface area contributed by atoms with E-state index in [-0.39, 0.29) is 11.2 Å². The number of hydrogen-bond donors (Lipinski definition) is 1. The molecule has 0 amide bonds. The summed E-state index contributed by atoms with van der Waals surface area (Å²) in [5.74, 6) is 0. The minimum Gasteiger partial charge on any atom is -0.366 e. The fourth-order valence-corrected chi connectivity index (χ4v) is 2.95. The Balaban J connectivity index is 2.32. The summed E-state index contributed by atoms with van der Waals surface area (Å²) in [4.78, 5) is 2.39. The Morgan fingerprint density at radius 1 is 1.11 bits per heavy atom. The Bertz CT molecular complexity index is 410. The van der Waals surface area contributed by atoms with Gasteiger partial charge in [0.05, 0.1) is 11.2 Å². The Hall–Kier alpha value is -1.06. The number of nitrogens with zero attached hydrogens (tertiary/aromatic N) is 1. The van der Waals surface area contributed by atoms with E-state index in [9.17, 15) is 0 Å². The molecule has 3 heteroatoms. The van der Waals surface area contributed by atoms with Gasteiger partial charge in [-0.25, -0.2) is 0 Å². The van der Waals surface area contributed by atoms with Crippen LogP contribution in [-0.2, 0) is 11.3 Å². The topological polar surface area (TPSA) is 38.5 Å². The van der Waals surface area contributed by atoms with Gasteiger partial charge in [-0.1, -0.05) is 18.2 Å². The maximum absolute atomic E-state index is 6.11. The molecule has 0 radical (unpaired) electrons. The molecule has 2 rings (SSSR count). The molecular formula is C15H24N2O. The van der Waals surface area contributed by atoms with Crippen LogP contribution < -0.4 is 10.6 Å². The fourth-order valence-electron chi connectivity index (χ4n) is 2.95. The van der Waals surface area contributed by atoms with E-state index in [4.69, 9.17) is 10.5 Å². The van der Waals surface area contributed by atoms with Crippen LogP contribution in [0, 0.1) is 0 Å². The van der Waals surface area contributed by atoms with E-state index < -0.39 is 0 Å². The fraction of sp³-hybridized carbons (Fsp3) is 0.600. The average Bonchev–Trinajstić information content (AvgIpc) is 2.24. The molecule has 0 spiro atoms. The van der Waals surface area contributed by atoms with Crippen LogP contribution in [0.3, 0.4) is 0 Å². The van der Waals surface area contributed by atoms with Crippen molar-refractivity contribution in [1.82, 2.24) is 0 Å². The Morgan fingerprint density at radius 3 is 2.22 bits per heavy atom. The summed E-state index contributed by atoms with van der Waals surface area (Å²) in [7, 11) is 0. The number of rotatable bonds is 2. The summed E-state index contributed by atoms with van der Waals surface area (Å²) < 4.78 is 6.11.